The van der Waals surface area contributed by atoms with E-state index in [2.05, 4.69) is 15.6 Å². The number of rotatable bonds is 1. The maximum Gasteiger partial charge on any atom is 0.320 e. The molecule has 0 spiro atoms. The number of nitrogens with zero attached hydrogens (tertiary/aromatic N) is 1. The lowest BCUT2D eigenvalue weighted by atomic mass is 10.2. The van der Waals surface area contributed by atoms with Crippen LogP contribution in [0.3, 0.4) is 0 Å². The minimum atomic E-state index is -0.218. The molecule has 1 aromatic rings. The summed E-state index contributed by atoms with van der Waals surface area (Å²) in [4.78, 5) is 15.3. The number of amides is 2. The van der Waals surface area contributed by atoms with Crippen LogP contribution >= 0.6 is 0 Å². The lowest BCUT2D eigenvalue weighted by molar-refractivity contribution is 0.252. The van der Waals surface area contributed by atoms with Gasteiger partial charge < -0.3 is 10.1 Å². The predicted octanol–water partition coefficient (Wildman–Crippen LogP) is 0.768. The van der Waals surface area contributed by atoms with Gasteiger partial charge in [-0.25, -0.2) is 4.79 Å². The van der Waals surface area contributed by atoms with Gasteiger partial charge in [0, 0.05) is 12.6 Å². The highest BCUT2D eigenvalue weighted by Gasteiger charge is 2.13. The van der Waals surface area contributed by atoms with Crippen molar-refractivity contribution in [1.82, 2.24) is 10.3 Å². The summed E-state index contributed by atoms with van der Waals surface area (Å²) in [6.07, 6.45) is 0.783. The van der Waals surface area contributed by atoms with Gasteiger partial charge in [0.1, 0.15) is 5.82 Å². The summed E-state index contributed by atoms with van der Waals surface area (Å²) in [6.45, 7) is 0.632. The first-order valence-electron chi connectivity index (χ1n) is 4.38. The summed E-state index contributed by atoms with van der Waals surface area (Å²) < 4.78 is 4.97. The molecule has 0 saturated heterocycles. The summed E-state index contributed by atoms with van der Waals surface area (Å²) in [7, 11) is 1.55. The van der Waals surface area contributed by atoms with Crippen molar-refractivity contribution in [2.24, 2.45) is 0 Å². The molecule has 1 aliphatic rings. The van der Waals surface area contributed by atoms with E-state index in [1.165, 1.54) is 0 Å². The van der Waals surface area contributed by atoms with Crippen LogP contribution in [0.1, 0.15) is 5.56 Å². The molecule has 0 radical (unpaired) electrons. The lowest BCUT2D eigenvalue weighted by Crippen LogP contribution is -2.27. The number of nitrogens with one attached hydrogen (secondary N) is 2. The fourth-order valence-electron chi connectivity index (χ4n) is 1.36. The van der Waals surface area contributed by atoms with Crippen LogP contribution < -0.4 is 15.4 Å². The average molecular weight is 193 g/mol. The Balaban J connectivity index is 2.36. The van der Waals surface area contributed by atoms with Crippen molar-refractivity contribution >= 4 is 11.8 Å². The lowest BCUT2D eigenvalue weighted by Gasteiger charge is -2.06. The van der Waals surface area contributed by atoms with Crippen molar-refractivity contribution < 1.29 is 9.53 Å². The van der Waals surface area contributed by atoms with Crippen LogP contribution in [-0.4, -0.2) is 24.7 Å². The van der Waals surface area contributed by atoms with Crippen molar-refractivity contribution in [2.45, 2.75) is 6.42 Å². The molecular weight excluding hydrogens is 182 g/mol. The molecule has 5 nitrogen and oxygen atoms in total. The molecule has 0 aliphatic carbocycles. The Labute approximate surface area is 81.5 Å². The van der Waals surface area contributed by atoms with Gasteiger partial charge in [0.25, 0.3) is 0 Å². The van der Waals surface area contributed by atoms with Gasteiger partial charge >= 0.3 is 6.03 Å². The fraction of sp³-hybridized carbons (Fsp3) is 0.333. The predicted molar refractivity (Wildman–Crippen MR) is 51.5 cm³/mol. The van der Waals surface area contributed by atoms with Crippen molar-refractivity contribution in [3.05, 3.63) is 17.7 Å². The Kier molecular flexibility index (Phi) is 2.22. The molecule has 1 aromatic heterocycles. The summed E-state index contributed by atoms with van der Waals surface area (Å²) in [5.41, 5.74) is 1.02. The van der Waals surface area contributed by atoms with E-state index in [-0.39, 0.29) is 6.03 Å². The second-order valence-electron chi connectivity index (χ2n) is 2.99. The molecule has 0 unspecified atom stereocenters. The number of hydrogen-bond acceptors (Lipinski definition) is 3. The van der Waals surface area contributed by atoms with Gasteiger partial charge in [-0.2, -0.15) is 4.98 Å². The summed E-state index contributed by atoms with van der Waals surface area (Å²) in [6, 6.07) is 3.48. The first kappa shape index (κ1) is 8.80. The van der Waals surface area contributed by atoms with Gasteiger partial charge in [-0.1, -0.05) is 0 Å². The summed E-state index contributed by atoms with van der Waals surface area (Å²) in [5, 5.41) is 5.35. The standard InChI is InChI=1S/C9H11N3O2/c1-14-7-3-2-6-4-5-10-9(13)12-8(6)11-7/h2-3H,4-5H2,1H3,(H2,10,11,12,13). The number of fused-ring (bicyclic) bond motifs is 1. The average Bonchev–Trinajstić information content (AvgIpc) is 2.37. The third kappa shape index (κ3) is 1.61. The maximum atomic E-state index is 11.1. The molecule has 2 rings (SSSR count). The van der Waals surface area contributed by atoms with E-state index in [1.54, 1.807) is 13.2 Å². The molecular formula is C9H11N3O2. The van der Waals surface area contributed by atoms with Gasteiger partial charge in [-0.3, -0.25) is 5.32 Å². The maximum absolute atomic E-state index is 11.1. The molecule has 2 amide bonds. The van der Waals surface area contributed by atoms with Crippen LogP contribution in [-0.2, 0) is 6.42 Å². The van der Waals surface area contributed by atoms with Gasteiger partial charge in [0.05, 0.1) is 7.11 Å². The zero-order valence-electron chi connectivity index (χ0n) is 7.83. The van der Waals surface area contributed by atoms with E-state index < -0.39 is 0 Å². The van der Waals surface area contributed by atoms with E-state index in [9.17, 15) is 4.79 Å². The smallest absolute Gasteiger partial charge is 0.320 e. The van der Waals surface area contributed by atoms with Crippen molar-refractivity contribution in [3.8, 4) is 5.88 Å². The van der Waals surface area contributed by atoms with Crippen LogP contribution in [0.5, 0.6) is 5.88 Å². The Hall–Kier alpha value is -1.78. The van der Waals surface area contributed by atoms with E-state index >= 15 is 0 Å². The molecule has 14 heavy (non-hydrogen) atoms. The number of ether oxygens (including phenoxy) is 1. The fourth-order valence-corrected chi connectivity index (χ4v) is 1.36. The normalized spacial score (nSPS) is 14.8. The van der Waals surface area contributed by atoms with Crippen LogP contribution in [0.15, 0.2) is 12.1 Å². The number of pyridine rings is 1. The zero-order valence-corrected chi connectivity index (χ0v) is 7.83. The topological polar surface area (TPSA) is 63.2 Å². The first-order chi connectivity index (χ1) is 6.79. The number of carbonyl (C=O) groups excluding carboxylic acids is 1. The van der Waals surface area contributed by atoms with Crippen molar-refractivity contribution in [3.63, 3.8) is 0 Å². The number of aromatic nitrogens is 1. The molecule has 2 N–H and O–H groups in total. The Morgan fingerprint density at radius 3 is 3.14 bits per heavy atom. The van der Waals surface area contributed by atoms with Gasteiger partial charge in [0.15, 0.2) is 0 Å². The molecule has 0 bridgehead atoms. The number of anilines is 1. The number of hydrogen-bond donors (Lipinski definition) is 2. The quantitative estimate of drug-likeness (QED) is 0.692. The van der Waals surface area contributed by atoms with Crippen LogP contribution in [0, 0.1) is 0 Å². The minimum absolute atomic E-state index is 0.218. The van der Waals surface area contributed by atoms with Gasteiger partial charge in [-0.05, 0) is 18.1 Å². The van der Waals surface area contributed by atoms with E-state index in [4.69, 9.17) is 4.74 Å². The third-order valence-corrected chi connectivity index (χ3v) is 2.07. The molecule has 0 fully saturated rings. The van der Waals surface area contributed by atoms with E-state index in [1.807, 2.05) is 6.07 Å². The van der Waals surface area contributed by atoms with Crippen LogP contribution in [0.2, 0.25) is 0 Å². The molecule has 0 aromatic carbocycles. The highest BCUT2D eigenvalue weighted by atomic mass is 16.5. The van der Waals surface area contributed by atoms with Gasteiger partial charge in [0.2, 0.25) is 5.88 Å². The summed E-state index contributed by atoms with van der Waals surface area (Å²) in [5.74, 6) is 1.09. The van der Waals surface area contributed by atoms with Gasteiger partial charge in [-0.15, -0.1) is 0 Å². The van der Waals surface area contributed by atoms with E-state index in [0.717, 1.165) is 12.0 Å². The molecule has 74 valence electrons. The zero-order chi connectivity index (χ0) is 9.97. The highest BCUT2D eigenvalue weighted by molar-refractivity contribution is 5.89. The monoisotopic (exact) mass is 193 g/mol. The number of urea groups is 1. The Morgan fingerprint density at radius 2 is 2.36 bits per heavy atom. The highest BCUT2D eigenvalue weighted by Crippen LogP contribution is 2.19. The molecule has 5 heteroatoms. The second-order valence-corrected chi connectivity index (χ2v) is 2.99. The molecule has 0 atom stereocenters. The number of methoxy groups -OCH3 is 1. The Bertz CT molecular complexity index is 365. The molecule has 2 heterocycles. The summed E-state index contributed by atoms with van der Waals surface area (Å²) >= 11 is 0. The van der Waals surface area contributed by atoms with Crippen LogP contribution in [0.4, 0.5) is 10.6 Å². The third-order valence-electron chi connectivity index (χ3n) is 2.07. The van der Waals surface area contributed by atoms with E-state index in [0.29, 0.717) is 18.2 Å². The largest absolute Gasteiger partial charge is 0.481 e. The minimum Gasteiger partial charge on any atom is -0.481 e. The molecule has 0 saturated carbocycles. The second kappa shape index (κ2) is 3.53. The van der Waals surface area contributed by atoms with Crippen LogP contribution in [0.25, 0.3) is 0 Å². The SMILES string of the molecule is COc1ccc2c(n1)NC(=O)NCC2. The first-order valence-corrected chi connectivity index (χ1v) is 4.38. The van der Waals surface area contributed by atoms with Crippen molar-refractivity contribution in [1.29, 1.82) is 0 Å². The molecule has 1 aliphatic heterocycles. The van der Waals surface area contributed by atoms with Crippen molar-refractivity contribution in [2.75, 3.05) is 19.0 Å². The number of carbonyl (C=O) groups is 1. The Morgan fingerprint density at radius 1 is 1.50 bits per heavy atom.